The maximum atomic E-state index is 13.7. The molecule has 0 spiro atoms. The number of halogens is 2. The molecule has 24 heavy (non-hydrogen) atoms. The Labute approximate surface area is 139 Å². The Morgan fingerprint density at radius 3 is 2.92 bits per heavy atom. The van der Waals surface area contributed by atoms with Gasteiger partial charge in [-0.05, 0) is 13.0 Å². The Morgan fingerprint density at radius 1 is 1.29 bits per heavy atom. The van der Waals surface area contributed by atoms with Gasteiger partial charge in [0, 0.05) is 17.9 Å². The van der Waals surface area contributed by atoms with Gasteiger partial charge in [0.2, 0.25) is 0 Å². The summed E-state index contributed by atoms with van der Waals surface area (Å²) in [5.74, 6) is -1.14. The number of hydrogen-bond acceptors (Lipinski definition) is 6. The van der Waals surface area contributed by atoms with E-state index in [0.29, 0.717) is 23.0 Å². The Morgan fingerprint density at radius 2 is 2.12 bits per heavy atom. The zero-order valence-corrected chi connectivity index (χ0v) is 13.5. The average Bonchev–Trinajstić information content (AvgIpc) is 2.56. The number of aromatic amines is 1. The predicted molar refractivity (Wildman–Crippen MR) is 88.0 cm³/mol. The van der Waals surface area contributed by atoms with Crippen LogP contribution in [0.25, 0.3) is 11.2 Å². The first-order valence-corrected chi connectivity index (χ1v) is 8.13. The molecule has 0 unspecified atom stereocenters. The van der Waals surface area contributed by atoms with Gasteiger partial charge in [0.1, 0.15) is 5.52 Å². The van der Waals surface area contributed by atoms with E-state index in [4.69, 9.17) is 0 Å². The third-order valence-corrected chi connectivity index (χ3v) is 4.04. The number of rotatable bonds is 5. The second kappa shape index (κ2) is 6.91. The van der Waals surface area contributed by atoms with Gasteiger partial charge < -0.3 is 10.3 Å². The van der Waals surface area contributed by atoms with Crippen molar-refractivity contribution in [3.63, 3.8) is 0 Å². The monoisotopic (exact) mass is 349 g/mol. The van der Waals surface area contributed by atoms with Crippen molar-refractivity contribution in [2.75, 3.05) is 11.9 Å². The number of nitrogens with one attached hydrogen (secondary N) is 2. The molecule has 0 aliphatic carbocycles. The number of anilines is 1. The highest BCUT2D eigenvalue weighted by Gasteiger charge is 2.12. The summed E-state index contributed by atoms with van der Waals surface area (Å²) in [7, 11) is 0. The third kappa shape index (κ3) is 3.35. The van der Waals surface area contributed by atoms with Crippen molar-refractivity contribution in [3.05, 3.63) is 51.9 Å². The number of aromatic nitrogens is 4. The molecule has 3 rings (SSSR count). The zero-order chi connectivity index (χ0) is 17.1. The topological polar surface area (TPSA) is 83.6 Å². The molecule has 9 heteroatoms. The standard InChI is InChI=1S/C15H13F2N5OS/c1-2-18-13-12-14(20-10(23)6-19-12)22-15(21-13)24-7-8-4-3-5-9(16)11(8)17/h3-6H,2,7H2,1H3,(H2,18,20,21,22,23). The molecule has 124 valence electrons. The lowest BCUT2D eigenvalue weighted by Crippen LogP contribution is -2.10. The molecule has 1 aromatic carbocycles. The van der Waals surface area contributed by atoms with Gasteiger partial charge in [-0.2, -0.15) is 0 Å². The molecule has 0 radical (unpaired) electrons. The van der Waals surface area contributed by atoms with E-state index in [-0.39, 0.29) is 22.5 Å². The van der Waals surface area contributed by atoms with Crippen LogP contribution in [0.1, 0.15) is 12.5 Å². The summed E-state index contributed by atoms with van der Waals surface area (Å²) in [4.78, 5) is 26.6. The van der Waals surface area contributed by atoms with Gasteiger partial charge in [0.25, 0.3) is 5.56 Å². The van der Waals surface area contributed by atoms with Crippen LogP contribution in [0.2, 0.25) is 0 Å². The smallest absolute Gasteiger partial charge is 0.268 e. The molecular formula is C15H13F2N5OS. The maximum Gasteiger partial charge on any atom is 0.268 e. The Hall–Kier alpha value is -2.55. The molecule has 0 atom stereocenters. The van der Waals surface area contributed by atoms with Crippen LogP contribution in [0, 0.1) is 11.6 Å². The van der Waals surface area contributed by atoms with E-state index in [1.54, 1.807) is 0 Å². The third-order valence-electron chi connectivity index (χ3n) is 3.15. The van der Waals surface area contributed by atoms with Crippen LogP contribution < -0.4 is 10.9 Å². The number of hydrogen-bond donors (Lipinski definition) is 2. The van der Waals surface area contributed by atoms with Crippen LogP contribution in [0.3, 0.4) is 0 Å². The predicted octanol–water partition coefficient (Wildman–Crippen LogP) is 2.72. The van der Waals surface area contributed by atoms with Crippen molar-refractivity contribution in [1.29, 1.82) is 0 Å². The molecule has 0 fully saturated rings. The van der Waals surface area contributed by atoms with Gasteiger partial charge in [-0.15, -0.1) is 0 Å². The fraction of sp³-hybridized carbons (Fsp3) is 0.200. The van der Waals surface area contributed by atoms with Crippen LogP contribution in [0.5, 0.6) is 0 Å². The van der Waals surface area contributed by atoms with E-state index in [1.165, 1.54) is 12.1 Å². The van der Waals surface area contributed by atoms with Gasteiger partial charge in [0.05, 0.1) is 6.20 Å². The molecule has 2 aromatic heterocycles. The molecule has 0 saturated heterocycles. The van der Waals surface area contributed by atoms with Crippen LogP contribution in [0.15, 0.2) is 34.3 Å². The Bertz CT molecular complexity index is 947. The first-order chi connectivity index (χ1) is 11.6. The summed E-state index contributed by atoms with van der Waals surface area (Å²) >= 11 is 1.14. The highest BCUT2D eigenvalue weighted by Crippen LogP contribution is 2.25. The molecule has 0 amide bonds. The lowest BCUT2D eigenvalue weighted by atomic mass is 10.2. The molecule has 6 nitrogen and oxygen atoms in total. The van der Waals surface area contributed by atoms with Crippen molar-refractivity contribution < 1.29 is 8.78 Å². The molecule has 2 N–H and O–H groups in total. The molecule has 0 aliphatic rings. The second-order valence-corrected chi connectivity index (χ2v) is 5.77. The van der Waals surface area contributed by atoms with E-state index in [0.717, 1.165) is 24.0 Å². The summed E-state index contributed by atoms with van der Waals surface area (Å²) in [6.07, 6.45) is 1.15. The Balaban J connectivity index is 1.94. The normalized spacial score (nSPS) is 11.0. The van der Waals surface area contributed by atoms with Crippen LogP contribution >= 0.6 is 11.8 Å². The first kappa shape index (κ1) is 16.3. The first-order valence-electron chi connectivity index (χ1n) is 7.15. The van der Waals surface area contributed by atoms with Crippen molar-refractivity contribution in [1.82, 2.24) is 19.9 Å². The number of H-pyrrole nitrogens is 1. The van der Waals surface area contributed by atoms with E-state index in [9.17, 15) is 13.6 Å². The van der Waals surface area contributed by atoms with Crippen molar-refractivity contribution in [2.24, 2.45) is 0 Å². The minimum absolute atomic E-state index is 0.158. The summed E-state index contributed by atoms with van der Waals surface area (Å²) < 4.78 is 27.0. The van der Waals surface area contributed by atoms with E-state index in [1.807, 2.05) is 6.92 Å². The lowest BCUT2D eigenvalue weighted by Gasteiger charge is -2.08. The quantitative estimate of drug-likeness (QED) is 0.544. The van der Waals surface area contributed by atoms with Crippen molar-refractivity contribution in [2.45, 2.75) is 17.8 Å². The van der Waals surface area contributed by atoms with E-state index >= 15 is 0 Å². The van der Waals surface area contributed by atoms with Gasteiger partial charge in [-0.1, -0.05) is 23.9 Å². The number of thioether (sulfide) groups is 1. The molecule has 0 saturated carbocycles. The molecular weight excluding hydrogens is 336 g/mol. The largest absolute Gasteiger partial charge is 0.368 e. The minimum Gasteiger partial charge on any atom is -0.368 e. The van der Waals surface area contributed by atoms with Gasteiger partial charge in [-0.25, -0.2) is 23.7 Å². The van der Waals surface area contributed by atoms with Crippen molar-refractivity contribution >= 4 is 28.7 Å². The molecule has 2 heterocycles. The number of fused-ring (bicyclic) bond motifs is 1. The second-order valence-electron chi connectivity index (χ2n) is 4.83. The highest BCUT2D eigenvalue weighted by molar-refractivity contribution is 7.98. The van der Waals surface area contributed by atoms with Gasteiger partial charge in [-0.3, -0.25) is 4.79 Å². The number of benzene rings is 1. The number of nitrogens with zero attached hydrogens (tertiary/aromatic N) is 3. The summed E-state index contributed by atoms with van der Waals surface area (Å²) in [6.45, 7) is 2.50. The fourth-order valence-corrected chi connectivity index (χ4v) is 2.89. The van der Waals surface area contributed by atoms with Crippen LogP contribution in [-0.4, -0.2) is 26.5 Å². The van der Waals surface area contributed by atoms with E-state index in [2.05, 4.69) is 25.3 Å². The lowest BCUT2D eigenvalue weighted by molar-refractivity contribution is 0.502. The molecule has 3 aromatic rings. The highest BCUT2D eigenvalue weighted by atomic mass is 32.2. The van der Waals surface area contributed by atoms with Gasteiger partial charge >= 0.3 is 0 Å². The summed E-state index contributed by atoms with van der Waals surface area (Å²) in [6, 6.07) is 4.01. The molecule has 0 bridgehead atoms. The van der Waals surface area contributed by atoms with Crippen molar-refractivity contribution in [3.8, 4) is 0 Å². The van der Waals surface area contributed by atoms with Crippen LogP contribution in [0.4, 0.5) is 14.6 Å². The average molecular weight is 349 g/mol. The van der Waals surface area contributed by atoms with Gasteiger partial charge in [0.15, 0.2) is 28.3 Å². The zero-order valence-electron chi connectivity index (χ0n) is 12.6. The SMILES string of the molecule is CCNc1nc(SCc2cccc(F)c2F)nc2[nH]c(=O)cnc12. The summed E-state index contributed by atoms with van der Waals surface area (Å²) in [5.41, 5.74) is 0.567. The summed E-state index contributed by atoms with van der Waals surface area (Å²) in [5, 5.41) is 3.37. The Kier molecular flexibility index (Phi) is 4.70. The molecule has 0 aliphatic heterocycles. The van der Waals surface area contributed by atoms with Crippen LogP contribution in [-0.2, 0) is 5.75 Å². The minimum atomic E-state index is -0.894. The van der Waals surface area contributed by atoms with E-state index < -0.39 is 11.6 Å². The maximum absolute atomic E-state index is 13.7. The fourth-order valence-electron chi connectivity index (χ4n) is 2.07.